The van der Waals surface area contributed by atoms with Crippen molar-refractivity contribution in [3.05, 3.63) is 28.7 Å². The Bertz CT molecular complexity index is 674. The molecule has 2 heterocycles. The third-order valence-corrected chi connectivity index (χ3v) is 4.12. The molecule has 2 aromatic heterocycles. The Morgan fingerprint density at radius 3 is 2.43 bits per heavy atom. The van der Waals surface area contributed by atoms with Gasteiger partial charge in [0.1, 0.15) is 0 Å². The first-order valence-corrected chi connectivity index (χ1v) is 8.04. The van der Waals surface area contributed by atoms with Crippen LogP contribution in [0.2, 0.25) is 0 Å². The number of aryl methyl sites for hydroxylation is 3. The molecule has 0 atom stereocenters. The van der Waals surface area contributed by atoms with E-state index in [9.17, 15) is 4.79 Å². The second-order valence-corrected chi connectivity index (χ2v) is 5.62. The van der Waals surface area contributed by atoms with Crippen LogP contribution in [0, 0.1) is 13.8 Å². The molecule has 0 radical (unpaired) electrons. The molecule has 0 fully saturated rings. The number of aromatic nitrogens is 4. The van der Waals surface area contributed by atoms with Crippen molar-refractivity contribution in [1.29, 1.82) is 0 Å². The van der Waals surface area contributed by atoms with Crippen LogP contribution in [0.25, 0.3) is 0 Å². The number of amides is 1. The van der Waals surface area contributed by atoms with Crippen LogP contribution in [-0.2, 0) is 31.2 Å². The van der Waals surface area contributed by atoms with E-state index in [1.54, 1.807) is 4.90 Å². The summed E-state index contributed by atoms with van der Waals surface area (Å²) in [6.45, 7) is 8.91. The Kier molecular flexibility index (Phi) is 5.52. The lowest BCUT2D eigenvalue weighted by Crippen LogP contribution is -2.30. The molecule has 126 valence electrons. The van der Waals surface area contributed by atoms with Gasteiger partial charge >= 0.3 is 0 Å². The van der Waals surface area contributed by atoms with E-state index in [0.717, 1.165) is 17.0 Å². The first-order valence-electron chi connectivity index (χ1n) is 8.04. The highest BCUT2D eigenvalue weighted by atomic mass is 16.4. The molecule has 0 N–H and O–H groups in total. The Labute approximate surface area is 136 Å². The summed E-state index contributed by atoms with van der Waals surface area (Å²) in [5.74, 6) is 1.18. The van der Waals surface area contributed by atoms with E-state index < -0.39 is 0 Å². The van der Waals surface area contributed by atoms with Crippen LogP contribution >= 0.6 is 0 Å². The highest BCUT2D eigenvalue weighted by molar-refractivity contribution is 5.76. The largest absolute Gasteiger partial charge is 0.423 e. The summed E-state index contributed by atoms with van der Waals surface area (Å²) in [4.78, 5) is 14.2. The molecule has 0 spiro atoms. The summed E-state index contributed by atoms with van der Waals surface area (Å²) in [7, 11) is 1.92. The minimum absolute atomic E-state index is 0.0893. The molecule has 23 heavy (non-hydrogen) atoms. The van der Waals surface area contributed by atoms with Gasteiger partial charge in [0.15, 0.2) is 0 Å². The van der Waals surface area contributed by atoms with Crippen LogP contribution < -0.4 is 0 Å². The van der Waals surface area contributed by atoms with E-state index in [1.807, 2.05) is 39.4 Å². The minimum atomic E-state index is 0.0893. The van der Waals surface area contributed by atoms with E-state index in [1.165, 1.54) is 0 Å². The van der Waals surface area contributed by atoms with E-state index in [4.69, 9.17) is 4.42 Å². The monoisotopic (exact) mass is 319 g/mol. The first-order chi connectivity index (χ1) is 11.0. The maximum Gasteiger partial charge on any atom is 0.235 e. The van der Waals surface area contributed by atoms with Crippen LogP contribution in [0.4, 0.5) is 0 Å². The molecule has 1 amide bonds. The van der Waals surface area contributed by atoms with Crippen LogP contribution in [0.1, 0.15) is 49.0 Å². The van der Waals surface area contributed by atoms with Gasteiger partial charge in [0.05, 0.1) is 12.2 Å². The summed E-state index contributed by atoms with van der Waals surface area (Å²) in [6, 6.07) is 0. The number of hydrogen-bond acceptors (Lipinski definition) is 5. The van der Waals surface area contributed by atoms with Gasteiger partial charge in [-0.1, -0.05) is 6.92 Å². The second kappa shape index (κ2) is 7.39. The van der Waals surface area contributed by atoms with Gasteiger partial charge in [-0.2, -0.15) is 5.10 Å². The maximum atomic E-state index is 12.5. The topological polar surface area (TPSA) is 77.1 Å². The fourth-order valence-corrected chi connectivity index (χ4v) is 2.60. The van der Waals surface area contributed by atoms with Crippen molar-refractivity contribution < 1.29 is 9.21 Å². The molecule has 0 aliphatic rings. The molecule has 2 rings (SSSR count). The molecule has 0 aromatic carbocycles. The van der Waals surface area contributed by atoms with E-state index in [0.29, 0.717) is 44.1 Å². The lowest BCUT2D eigenvalue weighted by atomic mass is 10.1. The van der Waals surface area contributed by atoms with Crippen LogP contribution in [0.3, 0.4) is 0 Å². The summed E-state index contributed by atoms with van der Waals surface area (Å²) in [5.41, 5.74) is 3.26. The van der Waals surface area contributed by atoms with Gasteiger partial charge in [-0.15, -0.1) is 10.2 Å². The molecular weight excluding hydrogens is 294 g/mol. The number of rotatable bonds is 7. The van der Waals surface area contributed by atoms with Crippen LogP contribution in [-0.4, -0.2) is 37.3 Å². The molecule has 0 aliphatic carbocycles. The van der Waals surface area contributed by atoms with Gasteiger partial charge < -0.3 is 9.32 Å². The number of carbonyl (C=O) groups is 1. The molecule has 0 saturated heterocycles. The number of carbonyl (C=O) groups excluding carboxylic acids is 1. The molecular formula is C16H25N5O2. The van der Waals surface area contributed by atoms with Gasteiger partial charge in [-0.05, 0) is 32.8 Å². The molecule has 0 saturated carbocycles. The van der Waals surface area contributed by atoms with Gasteiger partial charge in [-0.25, -0.2) is 0 Å². The van der Waals surface area contributed by atoms with E-state index in [2.05, 4.69) is 15.3 Å². The number of nitrogens with zero attached hydrogens (tertiary/aromatic N) is 5. The van der Waals surface area contributed by atoms with E-state index in [-0.39, 0.29) is 5.91 Å². The Morgan fingerprint density at radius 1 is 1.22 bits per heavy atom. The average Bonchev–Trinajstić information content (AvgIpc) is 3.08. The zero-order chi connectivity index (χ0) is 17.0. The van der Waals surface area contributed by atoms with Crippen molar-refractivity contribution in [3.63, 3.8) is 0 Å². The van der Waals surface area contributed by atoms with Gasteiger partial charge in [0.25, 0.3) is 0 Å². The van der Waals surface area contributed by atoms with Crippen molar-refractivity contribution in [2.24, 2.45) is 7.05 Å². The zero-order valence-electron chi connectivity index (χ0n) is 14.6. The van der Waals surface area contributed by atoms with Gasteiger partial charge in [0.2, 0.25) is 17.7 Å². The minimum Gasteiger partial charge on any atom is -0.423 e. The van der Waals surface area contributed by atoms with Gasteiger partial charge in [-0.3, -0.25) is 9.48 Å². The predicted octanol–water partition coefficient (Wildman–Crippen LogP) is 1.96. The smallest absolute Gasteiger partial charge is 0.235 e. The predicted molar refractivity (Wildman–Crippen MR) is 85.8 cm³/mol. The lowest BCUT2D eigenvalue weighted by Gasteiger charge is -2.18. The molecule has 7 nitrogen and oxygen atoms in total. The van der Waals surface area contributed by atoms with Crippen molar-refractivity contribution in [1.82, 2.24) is 24.9 Å². The van der Waals surface area contributed by atoms with Crippen molar-refractivity contribution in [2.45, 2.75) is 53.5 Å². The zero-order valence-corrected chi connectivity index (χ0v) is 14.6. The Hall–Kier alpha value is -2.18. The Balaban J connectivity index is 1.97. The molecule has 0 aliphatic heterocycles. The van der Waals surface area contributed by atoms with E-state index >= 15 is 0 Å². The van der Waals surface area contributed by atoms with Crippen molar-refractivity contribution in [3.8, 4) is 0 Å². The molecule has 0 unspecified atom stereocenters. The quantitative estimate of drug-likeness (QED) is 0.779. The summed E-state index contributed by atoms with van der Waals surface area (Å²) < 4.78 is 7.35. The maximum absolute atomic E-state index is 12.5. The summed E-state index contributed by atoms with van der Waals surface area (Å²) in [5, 5.41) is 12.3. The third kappa shape index (κ3) is 3.97. The third-order valence-electron chi connectivity index (χ3n) is 4.12. The highest BCUT2D eigenvalue weighted by Crippen LogP contribution is 2.15. The average molecular weight is 319 g/mol. The summed E-state index contributed by atoms with van der Waals surface area (Å²) in [6.07, 6.45) is 1.85. The second-order valence-electron chi connectivity index (χ2n) is 5.62. The Morgan fingerprint density at radius 2 is 1.91 bits per heavy atom. The van der Waals surface area contributed by atoms with Crippen LogP contribution in [0.15, 0.2) is 4.42 Å². The first kappa shape index (κ1) is 17.2. The molecule has 0 bridgehead atoms. The highest BCUT2D eigenvalue weighted by Gasteiger charge is 2.17. The lowest BCUT2D eigenvalue weighted by molar-refractivity contribution is -0.131. The van der Waals surface area contributed by atoms with Gasteiger partial charge in [0, 0.05) is 32.1 Å². The molecule has 7 heteroatoms. The summed E-state index contributed by atoms with van der Waals surface area (Å²) >= 11 is 0. The van der Waals surface area contributed by atoms with Crippen LogP contribution in [0.5, 0.6) is 0 Å². The molecule has 2 aromatic rings. The SMILES string of the molecule is CCc1nnc(CN(CC)C(=O)CCc2c(C)nn(C)c2C)o1. The fraction of sp³-hybridized carbons (Fsp3) is 0.625. The normalized spacial score (nSPS) is 11.0. The van der Waals surface area contributed by atoms with Crippen molar-refractivity contribution in [2.75, 3.05) is 6.54 Å². The number of hydrogen-bond donors (Lipinski definition) is 0. The fourth-order valence-electron chi connectivity index (χ4n) is 2.60. The van der Waals surface area contributed by atoms with Crippen molar-refractivity contribution >= 4 is 5.91 Å². The standard InChI is InChI=1S/C16H25N5O2/c1-6-14-17-18-15(23-14)10-21(7-2)16(22)9-8-13-11(3)19-20(5)12(13)4/h6-10H2,1-5H3.